The number of hydrogen-bond donors (Lipinski definition) is 2. The Morgan fingerprint density at radius 2 is 0.592 bits per heavy atom. The average molecular weight is 677 g/mol. The van der Waals surface area contributed by atoms with Crippen LogP contribution in [0.3, 0.4) is 0 Å². The number of aryl methyl sites for hydroxylation is 4. The molecule has 49 heavy (non-hydrogen) atoms. The Kier molecular flexibility index (Phi) is 22.8. The Hall–Kier alpha value is -1.96. The third kappa shape index (κ3) is 16.3. The van der Waals surface area contributed by atoms with Gasteiger partial charge >= 0.3 is 0 Å². The molecule has 0 aliphatic carbocycles. The highest BCUT2D eigenvalue weighted by molar-refractivity contribution is 5.53. The van der Waals surface area contributed by atoms with Gasteiger partial charge in [0.2, 0.25) is 0 Å². The zero-order valence-corrected chi connectivity index (χ0v) is 33.5. The van der Waals surface area contributed by atoms with Gasteiger partial charge in [-0.15, -0.1) is 0 Å². The number of phenols is 2. The van der Waals surface area contributed by atoms with E-state index < -0.39 is 0 Å². The molecule has 0 aromatic heterocycles. The fourth-order valence-corrected chi connectivity index (χ4v) is 7.86. The van der Waals surface area contributed by atoms with E-state index in [1.807, 2.05) is 0 Å². The molecule has 2 heteroatoms. The van der Waals surface area contributed by atoms with E-state index in [0.29, 0.717) is 11.5 Å². The number of benzene rings is 2. The Morgan fingerprint density at radius 3 is 0.878 bits per heavy atom. The SMILES string of the molecule is CCCCCCCCc1cc(C(C)(C)c2cc(CCCCCCCC)c(O)cc2CCCCCCCC)c(CCCCCCCC)cc1O. The minimum atomic E-state index is -0.220. The summed E-state index contributed by atoms with van der Waals surface area (Å²) in [4.78, 5) is 0. The van der Waals surface area contributed by atoms with E-state index in [2.05, 4.69) is 65.8 Å². The van der Waals surface area contributed by atoms with Gasteiger partial charge in [-0.05, 0) is 96.9 Å². The molecular formula is C47H80O2. The maximum Gasteiger partial charge on any atom is 0.119 e. The predicted molar refractivity (Wildman–Crippen MR) is 217 cm³/mol. The van der Waals surface area contributed by atoms with Crippen molar-refractivity contribution in [2.24, 2.45) is 0 Å². The lowest BCUT2D eigenvalue weighted by atomic mass is 9.71. The topological polar surface area (TPSA) is 40.5 Å². The van der Waals surface area contributed by atoms with Gasteiger partial charge < -0.3 is 10.2 Å². The highest BCUT2D eigenvalue weighted by atomic mass is 16.3. The first-order chi connectivity index (χ1) is 23.8. The van der Waals surface area contributed by atoms with Gasteiger partial charge in [-0.3, -0.25) is 0 Å². The molecule has 2 aromatic rings. The van der Waals surface area contributed by atoms with Crippen LogP contribution in [0.1, 0.15) is 229 Å². The number of rotatable bonds is 30. The highest BCUT2D eigenvalue weighted by Gasteiger charge is 2.30. The van der Waals surface area contributed by atoms with Crippen molar-refractivity contribution in [1.82, 2.24) is 0 Å². The van der Waals surface area contributed by atoms with Crippen LogP contribution in [-0.4, -0.2) is 10.2 Å². The van der Waals surface area contributed by atoms with Crippen LogP contribution in [0.2, 0.25) is 0 Å². The maximum absolute atomic E-state index is 11.3. The van der Waals surface area contributed by atoms with Crippen LogP contribution in [0.5, 0.6) is 11.5 Å². The summed E-state index contributed by atoms with van der Waals surface area (Å²) < 4.78 is 0. The molecule has 2 nitrogen and oxygen atoms in total. The van der Waals surface area contributed by atoms with Crippen LogP contribution < -0.4 is 0 Å². The molecule has 0 fully saturated rings. The first-order valence-corrected chi connectivity index (χ1v) is 21.5. The molecule has 0 unspecified atom stereocenters. The molecule has 0 aliphatic heterocycles. The molecule has 0 atom stereocenters. The van der Waals surface area contributed by atoms with E-state index >= 15 is 0 Å². The van der Waals surface area contributed by atoms with Crippen molar-refractivity contribution in [1.29, 1.82) is 0 Å². The van der Waals surface area contributed by atoms with Gasteiger partial charge in [0.05, 0.1) is 0 Å². The van der Waals surface area contributed by atoms with E-state index in [4.69, 9.17) is 0 Å². The van der Waals surface area contributed by atoms with Gasteiger partial charge in [0.25, 0.3) is 0 Å². The lowest BCUT2D eigenvalue weighted by molar-refractivity contribution is 0.461. The zero-order valence-electron chi connectivity index (χ0n) is 33.5. The van der Waals surface area contributed by atoms with E-state index in [0.717, 1.165) is 49.7 Å². The van der Waals surface area contributed by atoms with Gasteiger partial charge in [-0.1, -0.05) is 182 Å². The molecule has 2 N–H and O–H groups in total. The van der Waals surface area contributed by atoms with E-state index in [1.54, 1.807) is 0 Å². The van der Waals surface area contributed by atoms with Crippen molar-refractivity contribution in [2.75, 3.05) is 0 Å². The van der Waals surface area contributed by atoms with Crippen LogP contribution in [0.15, 0.2) is 24.3 Å². The molecule has 280 valence electrons. The first-order valence-electron chi connectivity index (χ1n) is 21.5. The van der Waals surface area contributed by atoms with Gasteiger partial charge in [-0.25, -0.2) is 0 Å². The Balaban J connectivity index is 2.45. The maximum atomic E-state index is 11.3. The summed E-state index contributed by atoms with van der Waals surface area (Å²) in [5, 5.41) is 22.7. The summed E-state index contributed by atoms with van der Waals surface area (Å²) >= 11 is 0. The molecule has 0 radical (unpaired) electrons. The number of aromatic hydroxyl groups is 2. The molecule has 2 rings (SSSR count). The third-order valence-electron chi connectivity index (χ3n) is 11.2. The van der Waals surface area contributed by atoms with E-state index in [9.17, 15) is 10.2 Å². The summed E-state index contributed by atoms with van der Waals surface area (Å²) in [5.41, 5.74) is 7.44. The lowest BCUT2D eigenvalue weighted by Gasteiger charge is -2.33. The largest absolute Gasteiger partial charge is 0.508 e. The fraction of sp³-hybridized carbons (Fsp3) is 0.745. The van der Waals surface area contributed by atoms with E-state index in [1.165, 1.54) is 164 Å². The van der Waals surface area contributed by atoms with Crippen molar-refractivity contribution >= 4 is 0 Å². The van der Waals surface area contributed by atoms with Crippen molar-refractivity contribution in [2.45, 2.75) is 227 Å². The minimum absolute atomic E-state index is 0.220. The number of hydrogen-bond acceptors (Lipinski definition) is 2. The first kappa shape index (κ1) is 43.2. The van der Waals surface area contributed by atoms with Crippen molar-refractivity contribution in [3.8, 4) is 11.5 Å². The van der Waals surface area contributed by atoms with Crippen LogP contribution >= 0.6 is 0 Å². The third-order valence-corrected chi connectivity index (χ3v) is 11.2. The van der Waals surface area contributed by atoms with Gasteiger partial charge in [0, 0.05) is 5.41 Å². The van der Waals surface area contributed by atoms with Crippen LogP contribution in [0, 0.1) is 0 Å². The Bertz CT molecular complexity index is 1040. The molecule has 0 bridgehead atoms. The lowest BCUT2D eigenvalue weighted by Crippen LogP contribution is -2.24. The Morgan fingerprint density at radius 1 is 0.347 bits per heavy atom. The van der Waals surface area contributed by atoms with Crippen LogP contribution in [-0.2, 0) is 31.1 Å². The molecule has 0 saturated carbocycles. The van der Waals surface area contributed by atoms with Crippen LogP contribution in [0.25, 0.3) is 0 Å². The smallest absolute Gasteiger partial charge is 0.119 e. The molecule has 2 aromatic carbocycles. The molecular weight excluding hydrogens is 597 g/mol. The highest BCUT2D eigenvalue weighted by Crippen LogP contribution is 2.42. The summed E-state index contributed by atoms with van der Waals surface area (Å²) in [7, 11) is 0. The summed E-state index contributed by atoms with van der Waals surface area (Å²) in [6, 6.07) is 9.06. The quantitative estimate of drug-likeness (QED) is 0.0809. The van der Waals surface area contributed by atoms with Crippen LogP contribution in [0.4, 0.5) is 0 Å². The second-order valence-corrected chi connectivity index (χ2v) is 16.0. The molecule has 0 saturated heterocycles. The fourth-order valence-electron chi connectivity index (χ4n) is 7.86. The summed E-state index contributed by atoms with van der Waals surface area (Å²) in [6.45, 7) is 14.0. The zero-order chi connectivity index (χ0) is 35.7. The normalized spacial score (nSPS) is 11.9. The van der Waals surface area contributed by atoms with E-state index in [-0.39, 0.29) is 5.41 Å². The monoisotopic (exact) mass is 677 g/mol. The van der Waals surface area contributed by atoms with Crippen molar-refractivity contribution < 1.29 is 10.2 Å². The van der Waals surface area contributed by atoms with Gasteiger partial charge in [0.1, 0.15) is 11.5 Å². The average Bonchev–Trinajstić information content (AvgIpc) is 3.08. The number of unbranched alkanes of at least 4 members (excludes halogenated alkanes) is 20. The summed E-state index contributed by atoms with van der Waals surface area (Å²) in [5.74, 6) is 0.992. The van der Waals surface area contributed by atoms with Gasteiger partial charge in [-0.2, -0.15) is 0 Å². The standard InChI is InChI=1S/C47H80O2/c1-7-11-15-19-23-27-31-39-37-45(48)41(33-29-25-21-17-13-9-3)35-43(39)47(5,6)44-36-42(34-30-26-22-18-14-10-4)46(49)38-40(44)32-28-24-20-16-12-8-2/h35-38,48-49H,7-34H2,1-6H3. The molecule has 0 amide bonds. The predicted octanol–water partition coefficient (Wildman–Crippen LogP) is 15.0. The summed E-state index contributed by atoms with van der Waals surface area (Å²) in [6.07, 6.45) is 34.4. The molecule has 0 aliphatic rings. The van der Waals surface area contributed by atoms with Crippen molar-refractivity contribution in [3.05, 3.63) is 57.6 Å². The Labute approximate surface area is 305 Å². The number of phenolic OH excluding ortho intramolecular Hbond substituents is 2. The second-order valence-electron chi connectivity index (χ2n) is 16.0. The van der Waals surface area contributed by atoms with Gasteiger partial charge in [0.15, 0.2) is 0 Å². The van der Waals surface area contributed by atoms with Crippen molar-refractivity contribution in [3.63, 3.8) is 0 Å². The second kappa shape index (κ2) is 25.9. The molecule has 0 spiro atoms. The molecule has 0 heterocycles. The minimum Gasteiger partial charge on any atom is -0.508 e.